The zero-order valence-corrected chi connectivity index (χ0v) is 16.1. The maximum Gasteiger partial charge on any atom is 0.347 e. The summed E-state index contributed by atoms with van der Waals surface area (Å²) >= 11 is 1.79. The highest BCUT2D eigenvalue weighted by Gasteiger charge is 2.40. The van der Waals surface area contributed by atoms with Gasteiger partial charge in [0.05, 0.1) is 12.2 Å². The fourth-order valence-electron chi connectivity index (χ4n) is 3.90. The molecule has 0 aromatic carbocycles. The first-order chi connectivity index (χ1) is 13.1. The summed E-state index contributed by atoms with van der Waals surface area (Å²) in [5.74, 6) is -0.0359. The third-order valence-electron chi connectivity index (χ3n) is 5.40. The van der Waals surface area contributed by atoms with Crippen molar-refractivity contribution in [2.75, 3.05) is 32.8 Å². The topological polar surface area (TPSA) is 67.7 Å². The van der Waals surface area contributed by atoms with Crippen LogP contribution in [-0.4, -0.2) is 63.6 Å². The van der Waals surface area contributed by atoms with Crippen LogP contribution in [0.3, 0.4) is 0 Å². The van der Waals surface area contributed by atoms with E-state index in [4.69, 9.17) is 4.74 Å². The Morgan fingerprint density at radius 3 is 2.85 bits per heavy atom. The molecule has 0 unspecified atom stereocenters. The number of hydrogen-bond acceptors (Lipinski definition) is 6. The minimum Gasteiger partial charge on any atom is -0.372 e. The van der Waals surface area contributed by atoms with Crippen molar-refractivity contribution in [2.45, 2.75) is 31.5 Å². The van der Waals surface area contributed by atoms with Crippen molar-refractivity contribution in [1.29, 1.82) is 0 Å². The van der Waals surface area contributed by atoms with Crippen molar-refractivity contribution in [3.8, 4) is 0 Å². The van der Waals surface area contributed by atoms with E-state index in [1.165, 1.54) is 15.6 Å². The van der Waals surface area contributed by atoms with Crippen LogP contribution in [0.4, 0.5) is 0 Å². The molecule has 4 rings (SSSR count). The van der Waals surface area contributed by atoms with Gasteiger partial charge in [0, 0.05) is 50.0 Å². The molecule has 2 saturated heterocycles. The predicted molar refractivity (Wildman–Crippen MR) is 103 cm³/mol. The first kappa shape index (κ1) is 18.3. The summed E-state index contributed by atoms with van der Waals surface area (Å²) in [4.78, 5) is 33.6. The Kier molecular flexibility index (Phi) is 5.38. The molecule has 2 aromatic rings. The van der Waals surface area contributed by atoms with Gasteiger partial charge in [0.2, 0.25) is 5.91 Å². The lowest BCUT2D eigenvalue weighted by molar-refractivity contribution is -0.151. The first-order valence-corrected chi connectivity index (χ1v) is 10.2. The second kappa shape index (κ2) is 7.92. The van der Waals surface area contributed by atoms with Crippen LogP contribution in [0, 0.1) is 0 Å². The van der Waals surface area contributed by atoms with Gasteiger partial charge in [-0.05, 0) is 30.4 Å². The van der Waals surface area contributed by atoms with E-state index in [1.54, 1.807) is 23.6 Å². The van der Waals surface area contributed by atoms with Gasteiger partial charge in [0.1, 0.15) is 6.54 Å². The van der Waals surface area contributed by atoms with E-state index in [2.05, 4.69) is 27.4 Å². The van der Waals surface area contributed by atoms with Crippen LogP contribution >= 0.6 is 11.3 Å². The number of amides is 1. The summed E-state index contributed by atoms with van der Waals surface area (Å²) < 4.78 is 7.53. The van der Waals surface area contributed by atoms with Crippen molar-refractivity contribution >= 4 is 17.2 Å². The lowest BCUT2D eigenvalue weighted by Gasteiger charge is -2.47. The molecule has 27 heavy (non-hydrogen) atoms. The summed E-state index contributed by atoms with van der Waals surface area (Å²) in [6.45, 7) is 4.95. The van der Waals surface area contributed by atoms with E-state index in [1.807, 2.05) is 4.90 Å². The number of likely N-dealkylation sites (tertiary alicyclic amines) is 1. The fraction of sp³-hybridized carbons (Fsp3) is 0.526. The molecule has 2 aromatic heterocycles. The van der Waals surface area contributed by atoms with E-state index < -0.39 is 0 Å². The van der Waals surface area contributed by atoms with Gasteiger partial charge in [-0.2, -0.15) is 0 Å². The Morgan fingerprint density at radius 2 is 2.11 bits per heavy atom. The van der Waals surface area contributed by atoms with E-state index in [9.17, 15) is 9.59 Å². The maximum absolute atomic E-state index is 12.6. The quantitative estimate of drug-likeness (QED) is 0.787. The molecule has 0 N–H and O–H groups in total. The number of carbonyl (C=O) groups is 1. The van der Waals surface area contributed by atoms with Crippen LogP contribution in [0.1, 0.15) is 17.7 Å². The standard InChI is InChI=1S/C19H24N4O3S/c24-17(14-23-7-2-6-20-18(23)25)22-8-4-19(5-9-22)15-21(10-11-26-19)13-16-3-1-12-27-16/h1-3,6-7,12H,4-5,8-11,13-15H2. The smallest absolute Gasteiger partial charge is 0.347 e. The lowest BCUT2D eigenvalue weighted by atomic mass is 9.89. The number of piperidine rings is 1. The number of hydrogen-bond donors (Lipinski definition) is 0. The molecule has 7 nitrogen and oxygen atoms in total. The van der Waals surface area contributed by atoms with Crippen LogP contribution in [0.5, 0.6) is 0 Å². The molecule has 8 heteroatoms. The molecular weight excluding hydrogens is 364 g/mol. The van der Waals surface area contributed by atoms with Gasteiger partial charge in [-0.1, -0.05) is 6.07 Å². The molecule has 144 valence electrons. The Bertz CT molecular complexity index is 827. The molecule has 4 heterocycles. The molecule has 2 aliphatic heterocycles. The molecule has 0 bridgehead atoms. The van der Waals surface area contributed by atoms with Gasteiger partial charge < -0.3 is 9.64 Å². The molecule has 1 spiro atoms. The number of rotatable bonds is 4. The molecule has 0 radical (unpaired) electrons. The highest BCUT2D eigenvalue weighted by atomic mass is 32.1. The van der Waals surface area contributed by atoms with E-state index in [-0.39, 0.29) is 23.7 Å². The van der Waals surface area contributed by atoms with Crippen molar-refractivity contribution in [3.05, 3.63) is 51.3 Å². The number of ether oxygens (including phenoxy) is 1. The van der Waals surface area contributed by atoms with Crippen LogP contribution in [0.25, 0.3) is 0 Å². The summed E-state index contributed by atoms with van der Waals surface area (Å²) in [6.07, 6.45) is 4.71. The van der Waals surface area contributed by atoms with Crippen molar-refractivity contribution < 1.29 is 9.53 Å². The Labute approximate surface area is 162 Å². The van der Waals surface area contributed by atoms with E-state index in [0.717, 1.165) is 39.1 Å². The third kappa shape index (κ3) is 4.28. The van der Waals surface area contributed by atoms with Gasteiger partial charge in [0.25, 0.3) is 0 Å². The van der Waals surface area contributed by atoms with Crippen molar-refractivity contribution in [3.63, 3.8) is 0 Å². The molecule has 0 atom stereocenters. The maximum atomic E-state index is 12.6. The summed E-state index contributed by atoms with van der Waals surface area (Å²) in [5.41, 5.74) is -0.545. The SMILES string of the molecule is O=C(Cn1cccnc1=O)N1CCC2(CC1)CN(Cc1cccs1)CCO2. The van der Waals surface area contributed by atoms with Crippen LogP contribution in [0.15, 0.2) is 40.8 Å². The first-order valence-electron chi connectivity index (χ1n) is 9.32. The van der Waals surface area contributed by atoms with Gasteiger partial charge in [-0.15, -0.1) is 11.3 Å². The number of aromatic nitrogens is 2. The highest BCUT2D eigenvalue weighted by Crippen LogP contribution is 2.31. The van der Waals surface area contributed by atoms with Gasteiger partial charge in [-0.3, -0.25) is 14.3 Å². The minimum atomic E-state index is -0.390. The van der Waals surface area contributed by atoms with Gasteiger partial charge in [-0.25, -0.2) is 9.78 Å². The molecule has 2 fully saturated rings. The van der Waals surface area contributed by atoms with Crippen LogP contribution < -0.4 is 5.69 Å². The van der Waals surface area contributed by atoms with Crippen molar-refractivity contribution in [2.24, 2.45) is 0 Å². The van der Waals surface area contributed by atoms with Gasteiger partial charge >= 0.3 is 5.69 Å². The van der Waals surface area contributed by atoms with Crippen molar-refractivity contribution in [1.82, 2.24) is 19.4 Å². The Morgan fingerprint density at radius 1 is 1.26 bits per heavy atom. The summed E-state index contributed by atoms with van der Waals surface area (Å²) in [6, 6.07) is 5.93. The molecule has 0 aliphatic carbocycles. The minimum absolute atomic E-state index is 0.0359. The highest BCUT2D eigenvalue weighted by molar-refractivity contribution is 7.09. The number of carbonyl (C=O) groups excluding carboxylic acids is 1. The van der Waals surface area contributed by atoms with Gasteiger partial charge in [0.15, 0.2) is 0 Å². The second-order valence-corrected chi connectivity index (χ2v) is 8.26. The summed E-state index contributed by atoms with van der Waals surface area (Å²) in [7, 11) is 0. The lowest BCUT2D eigenvalue weighted by Crippen LogP contribution is -2.57. The Balaban J connectivity index is 1.33. The number of morpholine rings is 1. The van der Waals surface area contributed by atoms with Crippen LogP contribution in [-0.2, 0) is 22.6 Å². The molecule has 1 amide bonds. The normalized spacial score (nSPS) is 20.1. The van der Waals surface area contributed by atoms with E-state index >= 15 is 0 Å². The predicted octanol–water partition coefficient (Wildman–Crippen LogP) is 1.20. The summed E-state index contributed by atoms with van der Waals surface area (Å²) in [5, 5.41) is 2.11. The fourth-order valence-corrected chi connectivity index (χ4v) is 4.65. The zero-order valence-electron chi connectivity index (χ0n) is 15.2. The zero-order chi connectivity index (χ0) is 18.7. The largest absolute Gasteiger partial charge is 0.372 e. The van der Waals surface area contributed by atoms with Crippen LogP contribution in [0.2, 0.25) is 0 Å². The molecular formula is C19H24N4O3S. The average molecular weight is 388 g/mol. The van der Waals surface area contributed by atoms with E-state index in [0.29, 0.717) is 13.1 Å². The average Bonchev–Trinajstić information content (AvgIpc) is 3.17. The second-order valence-electron chi connectivity index (χ2n) is 7.23. The third-order valence-corrected chi connectivity index (χ3v) is 6.26. The number of nitrogens with zero attached hydrogens (tertiary/aromatic N) is 4. The monoisotopic (exact) mass is 388 g/mol. The molecule has 2 aliphatic rings. The number of thiophene rings is 1. The molecule has 0 saturated carbocycles. The Hall–Kier alpha value is -2.03.